The van der Waals surface area contributed by atoms with Gasteiger partial charge in [0.1, 0.15) is 11.5 Å². The Morgan fingerprint density at radius 1 is 0.676 bits per heavy atom. The number of carboxylic acid groups (broad SMARTS) is 1. The number of rotatable bonds is 6. The minimum Gasteiger partial charge on any atom is -0.495 e. The number of pyridine rings is 2. The normalized spacial score (nSPS) is 10.1. The predicted molar refractivity (Wildman–Crippen MR) is 141 cm³/mol. The number of carbonyl (C=O) groups is 2. The van der Waals surface area contributed by atoms with Crippen LogP contribution in [-0.4, -0.2) is 48.3 Å². The Bertz CT molecular complexity index is 1430. The van der Waals surface area contributed by atoms with Crippen molar-refractivity contribution in [2.45, 2.75) is 0 Å². The van der Waals surface area contributed by atoms with Crippen LogP contribution >= 0.6 is 23.2 Å². The number of methoxy groups -OCH3 is 3. The van der Waals surface area contributed by atoms with Gasteiger partial charge in [0.05, 0.1) is 42.5 Å². The third-order valence-electron chi connectivity index (χ3n) is 5.11. The molecule has 0 radical (unpaired) electrons. The third kappa shape index (κ3) is 6.97. The summed E-state index contributed by atoms with van der Waals surface area (Å²) in [7, 11) is 4.42. The summed E-state index contributed by atoms with van der Waals surface area (Å²) in [4.78, 5) is 30.2. The minimum atomic E-state index is -1.01. The average molecular weight is 541 g/mol. The average Bonchev–Trinajstić information content (AvgIpc) is 2.93. The molecule has 10 heteroatoms. The molecule has 2 aromatic heterocycles. The Labute approximate surface area is 223 Å². The van der Waals surface area contributed by atoms with Crippen LogP contribution in [0.2, 0.25) is 10.0 Å². The number of aromatic carboxylic acids is 1. The van der Waals surface area contributed by atoms with Crippen LogP contribution in [0.3, 0.4) is 0 Å². The molecule has 0 atom stereocenters. The van der Waals surface area contributed by atoms with Crippen molar-refractivity contribution in [1.29, 1.82) is 0 Å². The van der Waals surface area contributed by atoms with Gasteiger partial charge in [-0.15, -0.1) is 0 Å². The Morgan fingerprint density at radius 2 is 1.14 bits per heavy atom. The molecule has 0 aliphatic rings. The highest BCUT2D eigenvalue weighted by Gasteiger charge is 2.10. The molecule has 0 unspecified atom stereocenters. The summed E-state index contributed by atoms with van der Waals surface area (Å²) in [5.41, 5.74) is 3.65. The van der Waals surface area contributed by atoms with Gasteiger partial charge < -0.3 is 19.3 Å². The van der Waals surface area contributed by atoms with Crippen molar-refractivity contribution in [1.82, 2.24) is 9.97 Å². The standard InChI is InChI=1S/C14H12ClNO3.C13H10ClNO3/c1-18-13-4-3-9(6-12(13)15)10-5-11(8-16-7-10)14(17)19-2;1-18-12-3-2-8(5-11(12)14)9-4-10(13(16)17)7-15-6-9/h3-8H,1-2H3;2-7H,1H3,(H,16,17). The van der Waals surface area contributed by atoms with Crippen LogP contribution in [0.1, 0.15) is 20.7 Å². The van der Waals surface area contributed by atoms with Gasteiger partial charge in [0.15, 0.2) is 0 Å². The van der Waals surface area contributed by atoms with Gasteiger partial charge in [0.25, 0.3) is 0 Å². The summed E-state index contributed by atoms with van der Waals surface area (Å²) in [6, 6.07) is 13.9. The molecule has 0 spiro atoms. The van der Waals surface area contributed by atoms with E-state index in [4.69, 9.17) is 37.8 Å². The van der Waals surface area contributed by atoms with Crippen molar-refractivity contribution < 1.29 is 28.9 Å². The predicted octanol–water partition coefficient (Wildman–Crippen LogP) is 6.31. The number of nitrogens with zero attached hydrogens (tertiary/aromatic N) is 2. The number of carbonyl (C=O) groups excluding carboxylic acids is 1. The van der Waals surface area contributed by atoms with Crippen LogP contribution in [0.5, 0.6) is 11.5 Å². The van der Waals surface area contributed by atoms with Gasteiger partial charge in [-0.25, -0.2) is 9.59 Å². The monoisotopic (exact) mass is 540 g/mol. The lowest BCUT2D eigenvalue weighted by molar-refractivity contribution is 0.0599. The Hall–Kier alpha value is -4.14. The van der Waals surface area contributed by atoms with E-state index < -0.39 is 11.9 Å². The van der Waals surface area contributed by atoms with E-state index in [9.17, 15) is 9.59 Å². The molecule has 0 aliphatic heterocycles. The SMILES string of the molecule is COC(=O)c1cncc(-c2ccc(OC)c(Cl)c2)c1.COc1ccc(-c2cncc(C(=O)O)c2)cc1Cl. The van der Waals surface area contributed by atoms with E-state index in [1.807, 2.05) is 6.07 Å². The van der Waals surface area contributed by atoms with Crippen molar-refractivity contribution in [3.8, 4) is 33.8 Å². The van der Waals surface area contributed by atoms with Gasteiger partial charge in [-0.3, -0.25) is 9.97 Å². The Morgan fingerprint density at radius 3 is 1.54 bits per heavy atom. The summed E-state index contributed by atoms with van der Waals surface area (Å²) < 4.78 is 14.8. The maximum absolute atomic E-state index is 11.5. The van der Waals surface area contributed by atoms with Crippen LogP contribution in [-0.2, 0) is 4.74 Å². The van der Waals surface area contributed by atoms with Gasteiger partial charge in [-0.2, -0.15) is 0 Å². The quantitative estimate of drug-likeness (QED) is 0.283. The first-order valence-electron chi connectivity index (χ1n) is 10.7. The van der Waals surface area contributed by atoms with Crippen molar-refractivity contribution in [2.24, 2.45) is 0 Å². The number of ether oxygens (including phenoxy) is 3. The lowest BCUT2D eigenvalue weighted by Crippen LogP contribution is -2.01. The maximum Gasteiger partial charge on any atom is 0.339 e. The second-order valence-corrected chi connectivity index (χ2v) is 8.23. The van der Waals surface area contributed by atoms with E-state index in [2.05, 4.69) is 14.7 Å². The zero-order chi connectivity index (χ0) is 26.9. The van der Waals surface area contributed by atoms with Crippen LogP contribution in [0.4, 0.5) is 0 Å². The number of carboxylic acids is 1. The van der Waals surface area contributed by atoms with Crippen LogP contribution < -0.4 is 9.47 Å². The minimum absolute atomic E-state index is 0.138. The fourth-order valence-electron chi connectivity index (χ4n) is 3.23. The van der Waals surface area contributed by atoms with E-state index in [0.29, 0.717) is 32.7 Å². The molecular formula is C27H22Cl2N2O6. The fraction of sp³-hybridized carbons (Fsp3) is 0.111. The van der Waals surface area contributed by atoms with Crippen molar-refractivity contribution in [3.63, 3.8) is 0 Å². The zero-order valence-electron chi connectivity index (χ0n) is 20.1. The molecule has 0 bridgehead atoms. The van der Waals surface area contributed by atoms with Gasteiger partial charge in [0, 0.05) is 35.9 Å². The number of aromatic nitrogens is 2. The number of hydrogen-bond donors (Lipinski definition) is 1. The first kappa shape index (κ1) is 27.4. The van der Waals surface area contributed by atoms with Gasteiger partial charge in [-0.05, 0) is 47.5 Å². The van der Waals surface area contributed by atoms with Crippen LogP contribution in [0, 0.1) is 0 Å². The smallest absolute Gasteiger partial charge is 0.339 e. The molecule has 0 fully saturated rings. The summed E-state index contributed by atoms with van der Waals surface area (Å²) >= 11 is 12.1. The lowest BCUT2D eigenvalue weighted by atomic mass is 10.1. The maximum atomic E-state index is 11.5. The summed E-state index contributed by atoms with van der Waals surface area (Å²) in [5, 5.41) is 9.88. The molecular weight excluding hydrogens is 519 g/mol. The van der Waals surface area contributed by atoms with E-state index in [-0.39, 0.29) is 5.56 Å². The first-order chi connectivity index (χ1) is 17.8. The summed E-state index contributed by atoms with van der Waals surface area (Å²) in [5.74, 6) is -0.261. The Balaban J connectivity index is 0.000000206. The number of benzene rings is 2. The molecule has 0 aliphatic carbocycles. The largest absolute Gasteiger partial charge is 0.495 e. The highest BCUT2D eigenvalue weighted by atomic mass is 35.5. The number of hydrogen-bond acceptors (Lipinski definition) is 7. The second-order valence-electron chi connectivity index (χ2n) is 7.42. The third-order valence-corrected chi connectivity index (χ3v) is 5.71. The molecule has 8 nitrogen and oxygen atoms in total. The van der Waals surface area contributed by atoms with Gasteiger partial charge in [-0.1, -0.05) is 35.3 Å². The fourth-order valence-corrected chi connectivity index (χ4v) is 3.75. The highest BCUT2D eigenvalue weighted by molar-refractivity contribution is 6.32. The molecule has 0 amide bonds. The van der Waals surface area contributed by atoms with E-state index in [1.54, 1.807) is 62.0 Å². The van der Waals surface area contributed by atoms with Crippen molar-refractivity contribution in [3.05, 3.63) is 94.5 Å². The molecule has 4 aromatic rings. The first-order valence-corrected chi connectivity index (χ1v) is 11.4. The van der Waals surface area contributed by atoms with E-state index in [0.717, 1.165) is 16.7 Å². The lowest BCUT2D eigenvalue weighted by Gasteiger charge is -2.07. The summed E-state index contributed by atoms with van der Waals surface area (Å²) in [6.45, 7) is 0. The van der Waals surface area contributed by atoms with Gasteiger partial charge in [0.2, 0.25) is 0 Å². The number of esters is 1. The van der Waals surface area contributed by atoms with Crippen LogP contribution in [0.15, 0.2) is 73.3 Å². The van der Waals surface area contributed by atoms with Crippen molar-refractivity contribution >= 4 is 35.1 Å². The van der Waals surface area contributed by atoms with E-state index in [1.165, 1.54) is 26.6 Å². The van der Waals surface area contributed by atoms with E-state index >= 15 is 0 Å². The molecule has 2 aromatic carbocycles. The molecule has 1 N–H and O–H groups in total. The number of halogens is 2. The molecule has 0 saturated carbocycles. The molecule has 190 valence electrons. The molecule has 2 heterocycles. The Kier molecular flexibility index (Phi) is 9.43. The summed E-state index contributed by atoms with van der Waals surface area (Å²) in [6.07, 6.45) is 6.01. The molecule has 4 rings (SSSR count). The van der Waals surface area contributed by atoms with Crippen molar-refractivity contribution in [2.75, 3.05) is 21.3 Å². The molecule has 0 saturated heterocycles. The van der Waals surface area contributed by atoms with Crippen LogP contribution in [0.25, 0.3) is 22.3 Å². The molecule has 37 heavy (non-hydrogen) atoms. The highest BCUT2D eigenvalue weighted by Crippen LogP contribution is 2.31. The van der Waals surface area contributed by atoms with Gasteiger partial charge >= 0.3 is 11.9 Å². The second kappa shape index (κ2) is 12.7. The topological polar surface area (TPSA) is 108 Å². The zero-order valence-corrected chi connectivity index (χ0v) is 21.6.